The van der Waals surface area contributed by atoms with Crippen LogP contribution in [-0.2, 0) is 19.1 Å². The minimum Gasteiger partial charge on any atom is -0.465 e. The van der Waals surface area contributed by atoms with E-state index in [2.05, 4.69) is 5.32 Å². The van der Waals surface area contributed by atoms with E-state index in [1.54, 1.807) is 13.8 Å². The Labute approximate surface area is 143 Å². The van der Waals surface area contributed by atoms with E-state index >= 15 is 0 Å². The molecule has 2 rings (SSSR count). The Hall–Kier alpha value is -2.30. The Kier molecular flexibility index (Phi) is 5.65. The van der Waals surface area contributed by atoms with Gasteiger partial charge in [-0.1, -0.05) is 36.4 Å². The summed E-state index contributed by atoms with van der Waals surface area (Å²) < 4.78 is 10.6. The van der Waals surface area contributed by atoms with Crippen molar-refractivity contribution in [1.82, 2.24) is 5.32 Å². The van der Waals surface area contributed by atoms with Crippen molar-refractivity contribution in [3.05, 3.63) is 47.7 Å². The molecule has 1 aromatic carbocycles. The maximum Gasteiger partial charge on any atom is 0.326 e. The van der Waals surface area contributed by atoms with Crippen LogP contribution in [-0.4, -0.2) is 31.2 Å². The minimum atomic E-state index is -1.45. The molecule has 5 heteroatoms. The molecular weight excluding hydrogens is 306 g/mol. The SMILES string of the molecule is CCOC(=O)C1(C(=O)OCC)C(C)NC(C)=CC1c1ccccc1. The zero-order chi connectivity index (χ0) is 17.7. The van der Waals surface area contributed by atoms with Crippen molar-refractivity contribution in [3.8, 4) is 0 Å². The number of esters is 2. The second-order valence-corrected chi connectivity index (χ2v) is 5.91. The molecule has 0 radical (unpaired) electrons. The van der Waals surface area contributed by atoms with Crippen LogP contribution in [0.1, 0.15) is 39.2 Å². The summed E-state index contributed by atoms with van der Waals surface area (Å²) in [6.45, 7) is 7.62. The van der Waals surface area contributed by atoms with Crippen LogP contribution in [0.2, 0.25) is 0 Å². The average Bonchev–Trinajstić information content (AvgIpc) is 2.55. The quantitative estimate of drug-likeness (QED) is 0.664. The van der Waals surface area contributed by atoms with Gasteiger partial charge in [0.2, 0.25) is 0 Å². The van der Waals surface area contributed by atoms with E-state index in [4.69, 9.17) is 9.47 Å². The van der Waals surface area contributed by atoms with Crippen molar-refractivity contribution in [1.29, 1.82) is 0 Å². The van der Waals surface area contributed by atoms with Gasteiger partial charge in [0.15, 0.2) is 5.41 Å². The molecule has 0 aliphatic carbocycles. The van der Waals surface area contributed by atoms with Gasteiger partial charge in [-0.2, -0.15) is 0 Å². The van der Waals surface area contributed by atoms with E-state index in [9.17, 15) is 9.59 Å². The lowest BCUT2D eigenvalue weighted by molar-refractivity contribution is -0.176. The van der Waals surface area contributed by atoms with Crippen molar-refractivity contribution in [2.24, 2.45) is 5.41 Å². The smallest absolute Gasteiger partial charge is 0.326 e. The van der Waals surface area contributed by atoms with Gasteiger partial charge in [0, 0.05) is 11.6 Å². The maximum atomic E-state index is 12.9. The van der Waals surface area contributed by atoms with E-state index in [1.165, 1.54) is 0 Å². The summed E-state index contributed by atoms with van der Waals surface area (Å²) in [7, 11) is 0. The minimum absolute atomic E-state index is 0.205. The van der Waals surface area contributed by atoms with Gasteiger partial charge in [-0.3, -0.25) is 9.59 Å². The fourth-order valence-electron chi connectivity index (χ4n) is 3.37. The summed E-state index contributed by atoms with van der Waals surface area (Å²) >= 11 is 0. The number of hydrogen-bond acceptors (Lipinski definition) is 5. The maximum absolute atomic E-state index is 12.9. The highest BCUT2D eigenvalue weighted by molar-refractivity contribution is 6.03. The molecule has 1 aromatic rings. The van der Waals surface area contributed by atoms with E-state index in [0.717, 1.165) is 11.3 Å². The molecule has 1 N–H and O–H groups in total. The van der Waals surface area contributed by atoms with Gasteiger partial charge in [-0.05, 0) is 33.3 Å². The molecule has 5 nitrogen and oxygen atoms in total. The summed E-state index contributed by atoms with van der Waals surface area (Å²) in [6.07, 6.45) is 1.91. The Balaban J connectivity index is 2.65. The first-order valence-corrected chi connectivity index (χ1v) is 8.32. The van der Waals surface area contributed by atoms with Crippen LogP contribution in [0.4, 0.5) is 0 Å². The molecule has 0 aromatic heterocycles. The van der Waals surface area contributed by atoms with Gasteiger partial charge in [0.05, 0.1) is 19.3 Å². The summed E-state index contributed by atoms with van der Waals surface area (Å²) in [5.41, 5.74) is 0.347. The lowest BCUT2D eigenvalue weighted by Crippen LogP contribution is -2.59. The van der Waals surface area contributed by atoms with Crippen molar-refractivity contribution in [2.75, 3.05) is 13.2 Å². The molecule has 1 aliphatic rings. The van der Waals surface area contributed by atoms with Gasteiger partial charge in [0.25, 0.3) is 0 Å². The fourth-order valence-corrected chi connectivity index (χ4v) is 3.37. The van der Waals surface area contributed by atoms with Gasteiger partial charge in [0.1, 0.15) is 0 Å². The number of allylic oxidation sites excluding steroid dienone is 2. The zero-order valence-electron chi connectivity index (χ0n) is 14.7. The largest absolute Gasteiger partial charge is 0.465 e. The van der Waals surface area contributed by atoms with Crippen LogP contribution in [0.3, 0.4) is 0 Å². The van der Waals surface area contributed by atoms with E-state index in [0.29, 0.717) is 0 Å². The molecule has 0 spiro atoms. The summed E-state index contributed by atoms with van der Waals surface area (Å²) in [5, 5.41) is 3.21. The summed E-state index contributed by atoms with van der Waals surface area (Å²) in [4.78, 5) is 25.9. The monoisotopic (exact) mass is 331 g/mol. The average molecular weight is 331 g/mol. The first-order valence-electron chi connectivity index (χ1n) is 8.32. The van der Waals surface area contributed by atoms with E-state index in [1.807, 2.05) is 50.3 Å². The third-order valence-corrected chi connectivity index (χ3v) is 4.42. The first kappa shape index (κ1) is 18.0. The fraction of sp³-hybridized carbons (Fsp3) is 0.474. The molecule has 0 amide bonds. The zero-order valence-corrected chi connectivity index (χ0v) is 14.7. The number of rotatable bonds is 5. The van der Waals surface area contributed by atoms with Crippen LogP contribution >= 0.6 is 0 Å². The lowest BCUT2D eigenvalue weighted by Gasteiger charge is -2.43. The Bertz CT molecular complexity index is 606. The van der Waals surface area contributed by atoms with Gasteiger partial charge >= 0.3 is 11.9 Å². The van der Waals surface area contributed by atoms with Crippen molar-refractivity contribution in [2.45, 2.75) is 39.7 Å². The predicted octanol–water partition coefficient (Wildman–Crippen LogP) is 2.78. The topological polar surface area (TPSA) is 64.6 Å². The highest BCUT2D eigenvalue weighted by Gasteiger charge is 2.60. The lowest BCUT2D eigenvalue weighted by atomic mass is 9.65. The number of benzene rings is 1. The highest BCUT2D eigenvalue weighted by atomic mass is 16.6. The molecule has 0 bridgehead atoms. The molecular formula is C19H25NO4. The van der Waals surface area contributed by atoms with Crippen molar-refractivity contribution in [3.63, 3.8) is 0 Å². The molecule has 1 aliphatic heterocycles. The molecule has 1 heterocycles. The summed E-state index contributed by atoms with van der Waals surface area (Å²) in [6, 6.07) is 9.07. The van der Waals surface area contributed by atoms with Crippen molar-refractivity contribution < 1.29 is 19.1 Å². The standard InChI is InChI=1S/C19H25NO4/c1-5-23-17(21)19(18(22)24-6-2)14(4)20-13(3)12-16(19)15-10-8-7-9-11-15/h7-12,14,16,20H,5-6H2,1-4H3. The number of carbonyl (C=O) groups excluding carboxylic acids is 2. The highest BCUT2D eigenvalue weighted by Crippen LogP contribution is 2.45. The summed E-state index contributed by atoms with van der Waals surface area (Å²) in [5.74, 6) is -1.56. The van der Waals surface area contributed by atoms with Crippen molar-refractivity contribution >= 4 is 11.9 Å². The molecule has 0 saturated heterocycles. The van der Waals surface area contributed by atoms with Crippen LogP contribution < -0.4 is 5.32 Å². The molecule has 0 fully saturated rings. The van der Waals surface area contributed by atoms with Gasteiger partial charge in [-0.25, -0.2) is 0 Å². The second kappa shape index (κ2) is 7.51. The molecule has 24 heavy (non-hydrogen) atoms. The normalized spacial score (nSPS) is 22.1. The number of carbonyl (C=O) groups is 2. The first-order chi connectivity index (χ1) is 11.5. The Morgan fingerprint density at radius 2 is 1.62 bits per heavy atom. The number of nitrogens with one attached hydrogen (secondary N) is 1. The van der Waals surface area contributed by atoms with Gasteiger partial charge < -0.3 is 14.8 Å². The molecule has 2 unspecified atom stereocenters. The van der Waals surface area contributed by atoms with Crippen LogP contribution in [0.15, 0.2) is 42.1 Å². The second-order valence-electron chi connectivity index (χ2n) is 5.91. The third kappa shape index (κ3) is 3.03. The van der Waals surface area contributed by atoms with E-state index in [-0.39, 0.29) is 13.2 Å². The Morgan fingerprint density at radius 3 is 2.12 bits per heavy atom. The number of hydrogen-bond donors (Lipinski definition) is 1. The molecule has 0 saturated carbocycles. The van der Waals surface area contributed by atoms with Gasteiger partial charge in [-0.15, -0.1) is 0 Å². The van der Waals surface area contributed by atoms with Crippen LogP contribution in [0, 0.1) is 5.41 Å². The van der Waals surface area contributed by atoms with Crippen LogP contribution in [0.25, 0.3) is 0 Å². The molecule has 2 atom stereocenters. The third-order valence-electron chi connectivity index (χ3n) is 4.42. The predicted molar refractivity (Wildman–Crippen MR) is 91.2 cm³/mol. The molecule has 130 valence electrons. The van der Waals surface area contributed by atoms with E-state index < -0.39 is 29.3 Å². The number of ether oxygens (including phenoxy) is 2. The van der Waals surface area contributed by atoms with Crippen LogP contribution in [0.5, 0.6) is 0 Å². The Morgan fingerprint density at radius 1 is 1.08 bits per heavy atom.